The number of carboxylic acid groups (broad SMARTS) is 1. The van der Waals surface area contributed by atoms with E-state index in [0.717, 1.165) is 22.3 Å². The van der Waals surface area contributed by atoms with E-state index < -0.39 is 29.8 Å². The lowest BCUT2D eigenvalue weighted by atomic mass is 9.98. The summed E-state index contributed by atoms with van der Waals surface area (Å²) in [7, 11) is 0. The summed E-state index contributed by atoms with van der Waals surface area (Å²) in [5.41, 5.74) is 5.64. The number of nitrogens with one attached hydrogen (secondary N) is 1. The molecule has 2 aromatic rings. The average Bonchev–Trinajstić information content (AvgIpc) is 3.02. The van der Waals surface area contributed by atoms with Gasteiger partial charge in [-0.1, -0.05) is 48.5 Å². The predicted octanol–water partition coefficient (Wildman–Crippen LogP) is 4.15. The van der Waals surface area contributed by atoms with Gasteiger partial charge in [-0.3, -0.25) is 4.79 Å². The van der Waals surface area contributed by atoms with Crippen molar-refractivity contribution < 1.29 is 29.0 Å². The highest BCUT2D eigenvalue weighted by molar-refractivity contribution is 5.88. The number of ether oxygens (including phenoxy) is 2. The van der Waals surface area contributed by atoms with Crippen molar-refractivity contribution in [2.24, 2.45) is 0 Å². The highest BCUT2D eigenvalue weighted by Gasteiger charge is 2.34. The molecule has 8 heteroatoms. The maximum atomic E-state index is 12.8. The number of aliphatic carboxylic acids is 1. The van der Waals surface area contributed by atoms with E-state index in [1.165, 1.54) is 6.92 Å². The maximum Gasteiger partial charge on any atom is 0.434 e. The second-order valence-corrected chi connectivity index (χ2v) is 8.31. The molecule has 2 N–H and O–H groups in total. The number of imide groups is 1. The highest BCUT2D eigenvalue weighted by atomic mass is 16.6. The van der Waals surface area contributed by atoms with Gasteiger partial charge in [0.15, 0.2) is 0 Å². The van der Waals surface area contributed by atoms with E-state index in [1.54, 1.807) is 20.8 Å². The Bertz CT molecular complexity index is 952. The Morgan fingerprint density at radius 2 is 1.52 bits per heavy atom. The molecule has 0 radical (unpaired) electrons. The molecule has 2 amide bonds. The smallest absolute Gasteiger partial charge is 0.434 e. The van der Waals surface area contributed by atoms with Crippen LogP contribution >= 0.6 is 0 Å². The number of hydrogen-bond acceptors (Lipinski definition) is 6. The van der Waals surface area contributed by atoms with Gasteiger partial charge >= 0.3 is 18.2 Å². The van der Waals surface area contributed by atoms with Gasteiger partial charge in [0.1, 0.15) is 18.2 Å². The number of hydrazine groups is 1. The molecule has 1 aliphatic carbocycles. The van der Waals surface area contributed by atoms with Crippen LogP contribution in [0.3, 0.4) is 0 Å². The highest BCUT2D eigenvalue weighted by Crippen LogP contribution is 2.44. The summed E-state index contributed by atoms with van der Waals surface area (Å²) in [5, 5.41) is 9.62. The molecule has 31 heavy (non-hydrogen) atoms. The Hall–Kier alpha value is -3.39. The first-order valence-corrected chi connectivity index (χ1v) is 9.95. The number of carboxylic acids is 1. The van der Waals surface area contributed by atoms with Crippen LogP contribution in [-0.4, -0.2) is 46.5 Å². The van der Waals surface area contributed by atoms with Gasteiger partial charge in [-0.15, -0.1) is 5.01 Å². The van der Waals surface area contributed by atoms with Crippen LogP contribution in [0.15, 0.2) is 48.5 Å². The fourth-order valence-corrected chi connectivity index (χ4v) is 3.39. The lowest BCUT2D eigenvalue weighted by Crippen LogP contribution is -2.54. The molecule has 164 valence electrons. The minimum atomic E-state index is -1.24. The molecule has 0 fully saturated rings. The third-order valence-corrected chi connectivity index (χ3v) is 4.79. The normalized spacial score (nSPS) is 13.7. The minimum Gasteiger partial charge on any atom is -0.480 e. The van der Waals surface area contributed by atoms with Crippen LogP contribution < -0.4 is 5.43 Å². The van der Waals surface area contributed by atoms with Crippen molar-refractivity contribution in [3.63, 3.8) is 0 Å². The molecule has 0 saturated carbocycles. The first-order valence-electron chi connectivity index (χ1n) is 9.95. The predicted molar refractivity (Wildman–Crippen MR) is 113 cm³/mol. The van der Waals surface area contributed by atoms with E-state index in [-0.39, 0.29) is 12.5 Å². The SMILES string of the molecule is C[C@H](NN(C(=O)OCC1c2ccccc2-c2ccccc21)C(=O)OC(C)(C)C)C(=O)O. The summed E-state index contributed by atoms with van der Waals surface area (Å²) in [4.78, 5) is 36.5. The third kappa shape index (κ3) is 5.03. The van der Waals surface area contributed by atoms with Gasteiger partial charge in [0.25, 0.3) is 0 Å². The molecule has 0 aliphatic heterocycles. The van der Waals surface area contributed by atoms with Gasteiger partial charge in [-0.25, -0.2) is 15.0 Å². The van der Waals surface area contributed by atoms with E-state index in [4.69, 9.17) is 14.6 Å². The van der Waals surface area contributed by atoms with E-state index >= 15 is 0 Å². The van der Waals surface area contributed by atoms with Crippen LogP contribution in [0.4, 0.5) is 9.59 Å². The van der Waals surface area contributed by atoms with Crippen LogP contribution in [-0.2, 0) is 14.3 Å². The number of carbonyl (C=O) groups is 3. The number of hydrogen-bond donors (Lipinski definition) is 2. The first-order chi connectivity index (χ1) is 14.6. The van der Waals surface area contributed by atoms with Crippen LogP contribution in [0.1, 0.15) is 44.7 Å². The lowest BCUT2D eigenvalue weighted by molar-refractivity contribution is -0.140. The summed E-state index contributed by atoms with van der Waals surface area (Å²) >= 11 is 0. The Labute approximate surface area is 180 Å². The van der Waals surface area contributed by atoms with Crippen molar-refractivity contribution in [1.29, 1.82) is 0 Å². The van der Waals surface area contributed by atoms with E-state index in [0.29, 0.717) is 5.01 Å². The Kier molecular flexibility index (Phi) is 6.31. The Balaban J connectivity index is 1.79. The van der Waals surface area contributed by atoms with Crippen molar-refractivity contribution >= 4 is 18.2 Å². The standard InChI is InChI=1S/C23H26N2O6/c1-14(20(26)27)24-25(22(29)31-23(2,3)4)21(28)30-13-19-17-11-7-5-9-15(17)16-10-6-8-12-18(16)19/h5-12,14,19,24H,13H2,1-4H3,(H,26,27)/t14-/m0/s1. The molecule has 8 nitrogen and oxygen atoms in total. The largest absolute Gasteiger partial charge is 0.480 e. The summed E-state index contributed by atoms with van der Waals surface area (Å²) in [6.45, 7) is 6.20. The Morgan fingerprint density at radius 1 is 1.00 bits per heavy atom. The molecule has 2 aromatic carbocycles. The van der Waals surface area contributed by atoms with Gasteiger partial charge in [0.2, 0.25) is 0 Å². The van der Waals surface area contributed by atoms with Crippen molar-refractivity contribution in [2.75, 3.05) is 6.61 Å². The molecule has 0 spiro atoms. The number of nitrogens with zero attached hydrogens (tertiary/aromatic N) is 1. The fraction of sp³-hybridized carbons (Fsp3) is 0.348. The molecule has 0 heterocycles. The van der Waals surface area contributed by atoms with Gasteiger partial charge in [-0.2, -0.15) is 0 Å². The van der Waals surface area contributed by atoms with Crippen LogP contribution in [0, 0.1) is 0 Å². The van der Waals surface area contributed by atoms with Crippen molar-refractivity contribution in [3.05, 3.63) is 59.7 Å². The molecular weight excluding hydrogens is 400 g/mol. The summed E-state index contributed by atoms with van der Waals surface area (Å²) in [6, 6.07) is 14.5. The molecular formula is C23H26N2O6. The number of carbonyl (C=O) groups excluding carboxylic acids is 2. The van der Waals surface area contributed by atoms with Crippen LogP contribution in [0.2, 0.25) is 0 Å². The van der Waals surface area contributed by atoms with Crippen molar-refractivity contribution in [1.82, 2.24) is 10.4 Å². The molecule has 3 rings (SSSR count). The fourth-order valence-electron chi connectivity index (χ4n) is 3.39. The minimum absolute atomic E-state index is 0.0186. The van der Waals surface area contributed by atoms with Crippen molar-refractivity contribution in [3.8, 4) is 11.1 Å². The van der Waals surface area contributed by atoms with Gasteiger partial charge in [0.05, 0.1) is 0 Å². The average molecular weight is 426 g/mol. The molecule has 1 atom stereocenters. The summed E-state index contributed by atoms with van der Waals surface area (Å²) < 4.78 is 10.7. The van der Waals surface area contributed by atoms with E-state index in [1.807, 2.05) is 48.5 Å². The number of benzene rings is 2. The monoisotopic (exact) mass is 426 g/mol. The summed E-state index contributed by atoms with van der Waals surface area (Å²) in [5.74, 6) is -1.44. The van der Waals surface area contributed by atoms with Crippen molar-refractivity contribution in [2.45, 2.75) is 45.3 Å². The zero-order valence-corrected chi connectivity index (χ0v) is 17.9. The first kappa shape index (κ1) is 22.3. The molecule has 0 aromatic heterocycles. The second-order valence-electron chi connectivity index (χ2n) is 8.31. The number of amides is 2. The zero-order chi connectivity index (χ0) is 22.8. The molecule has 1 aliphatic rings. The second kappa shape index (κ2) is 8.77. The van der Waals surface area contributed by atoms with E-state index in [2.05, 4.69) is 5.43 Å². The number of rotatable bonds is 5. The van der Waals surface area contributed by atoms with Crippen LogP contribution in [0.5, 0.6) is 0 Å². The van der Waals surface area contributed by atoms with Gasteiger partial charge in [0, 0.05) is 5.92 Å². The topological polar surface area (TPSA) is 105 Å². The van der Waals surface area contributed by atoms with Crippen LogP contribution in [0.25, 0.3) is 11.1 Å². The quantitative estimate of drug-likeness (QED) is 0.692. The molecule has 0 saturated heterocycles. The summed E-state index contributed by atoms with van der Waals surface area (Å²) in [6.07, 6.45) is -2.08. The zero-order valence-electron chi connectivity index (χ0n) is 17.9. The maximum absolute atomic E-state index is 12.8. The van der Waals surface area contributed by atoms with E-state index in [9.17, 15) is 14.4 Å². The van der Waals surface area contributed by atoms with Gasteiger partial charge < -0.3 is 14.6 Å². The number of fused-ring (bicyclic) bond motifs is 3. The Morgan fingerprint density at radius 3 is 2.00 bits per heavy atom. The third-order valence-electron chi connectivity index (χ3n) is 4.79. The van der Waals surface area contributed by atoms with Gasteiger partial charge in [-0.05, 0) is 49.9 Å². The molecule has 0 bridgehead atoms. The lowest BCUT2D eigenvalue weighted by Gasteiger charge is -2.27. The molecule has 0 unspecified atom stereocenters.